The summed E-state index contributed by atoms with van der Waals surface area (Å²) < 4.78 is 0. The Bertz CT molecular complexity index is 587. The topological polar surface area (TPSA) is 48.1 Å². The molecule has 3 aliphatic carbocycles. The van der Waals surface area contributed by atoms with Gasteiger partial charge in [0, 0.05) is 30.6 Å². The molecule has 0 aromatic rings. The monoisotopic (exact) mass is 617 g/mol. The Morgan fingerprint density at radius 3 is 1.30 bits per heavy atom. The average molecular weight is 617 g/mol. The van der Waals surface area contributed by atoms with Crippen LogP contribution in [0.3, 0.4) is 0 Å². The van der Waals surface area contributed by atoms with Crippen LogP contribution in [0.2, 0.25) is 0 Å². The number of rotatable bonds is 26. The molecular weight excluding hydrogens is 536 g/mol. The molecule has 0 heterocycles. The molecule has 0 aromatic carbocycles. The minimum Gasteiger partial charge on any atom is -0.315 e. The lowest BCUT2D eigenvalue weighted by Gasteiger charge is -2.50. The van der Waals surface area contributed by atoms with Gasteiger partial charge in [0.25, 0.3) is 0 Å². The quantitative estimate of drug-likeness (QED) is 0.0731. The molecule has 4 nitrogen and oxygen atoms in total. The molecule has 2 atom stereocenters. The Balaban J connectivity index is 1.66. The summed E-state index contributed by atoms with van der Waals surface area (Å²) in [5.41, 5.74) is 0.351. The van der Waals surface area contributed by atoms with Crippen molar-refractivity contribution in [3.05, 3.63) is 0 Å². The number of unbranched alkanes of at least 4 members (excludes halogenated alkanes) is 10. The van der Waals surface area contributed by atoms with E-state index in [-0.39, 0.29) is 0 Å². The molecule has 2 unspecified atom stereocenters. The van der Waals surface area contributed by atoms with E-state index in [1.165, 1.54) is 200 Å². The molecule has 0 saturated heterocycles. The van der Waals surface area contributed by atoms with Crippen molar-refractivity contribution in [1.82, 2.24) is 21.3 Å². The molecule has 0 bridgehead atoms. The Hall–Kier alpha value is -0.160. The van der Waals surface area contributed by atoms with Crippen LogP contribution in [-0.4, -0.2) is 51.4 Å². The van der Waals surface area contributed by atoms with Crippen LogP contribution in [0, 0.1) is 17.3 Å². The van der Waals surface area contributed by atoms with E-state index in [1.54, 1.807) is 0 Å². The molecule has 260 valence electrons. The summed E-state index contributed by atoms with van der Waals surface area (Å²) in [7, 11) is 0. The fraction of sp³-hybridized carbons (Fsp3) is 1.00. The summed E-state index contributed by atoms with van der Waals surface area (Å²) in [5.74, 6) is 1.79. The summed E-state index contributed by atoms with van der Waals surface area (Å²) in [6.07, 6.45) is 38.2. The molecular formula is C40H80N4. The first-order valence-corrected chi connectivity index (χ1v) is 20.7. The minimum absolute atomic E-state index is 0.351. The third-order valence-corrected chi connectivity index (χ3v) is 12.0. The Labute approximate surface area is 276 Å². The van der Waals surface area contributed by atoms with Gasteiger partial charge in [-0.1, -0.05) is 136 Å². The van der Waals surface area contributed by atoms with E-state index in [4.69, 9.17) is 0 Å². The van der Waals surface area contributed by atoms with Crippen molar-refractivity contribution in [1.29, 1.82) is 0 Å². The van der Waals surface area contributed by atoms with Crippen molar-refractivity contribution in [2.45, 2.75) is 199 Å². The summed E-state index contributed by atoms with van der Waals surface area (Å²) >= 11 is 0. The van der Waals surface area contributed by atoms with Gasteiger partial charge in [0.05, 0.1) is 0 Å². The molecule has 44 heavy (non-hydrogen) atoms. The van der Waals surface area contributed by atoms with Crippen LogP contribution < -0.4 is 21.3 Å². The van der Waals surface area contributed by atoms with Gasteiger partial charge < -0.3 is 21.3 Å². The Morgan fingerprint density at radius 1 is 0.477 bits per heavy atom. The summed E-state index contributed by atoms with van der Waals surface area (Å²) in [5, 5.41) is 16.7. The molecule has 3 fully saturated rings. The minimum atomic E-state index is 0.351. The number of hydrogen-bond acceptors (Lipinski definition) is 4. The normalized spacial score (nSPS) is 21.4. The summed E-state index contributed by atoms with van der Waals surface area (Å²) in [6, 6.07) is 1.15. The second-order valence-electron chi connectivity index (χ2n) is 15.7. The van der Waals surface area contributed by atoms with Gasteiger partial charge >= 0.3 is 0 Å². The molecule has 4 heteroatoms. The summed E-state index contributed by atoms with van der Waals surface area (Å²) in [4.78, 5) is 0. The highest BCUT2D eigenvalue weighted by Gasteiger charge is 2.45. The predicted octanol–water partition coefficient (Wildman–Crippen LogP) is 9.91. The van der Waals surface area contributed by atoms with Crippen LogP contribution in [-0.2, 0) is 0 Å². The molecule has 0 amide bonds. The Morgan fingerprint density at radius 2 is 0.864 bits per heavy atom. The van der Waals surface area contributed by atoms with Gasteiger partial charge in [-0.25, -0.2) is 0 Å². The van der Waals surface area contributed by atoms with Crippen molar-refractivity contribution in [3.63, 3.8) is 0 Å². The highest BCUT2D eigenvalue weighted by atomic mass is 15.1. The van der Waals surface area contributed by atoms with E-state index in [1.807, 2.05) is 0 Å². The maximum atomic E-state index is 4.34. The van der Waals surface area contributed by atoms with E-state index in [0.29, 0.717) is 17.5 Å². The fourth-order valence-corrected chi connectivity index (χ4v) is 9.06. The first-order chi connectivity index (χ1) is 21.8. The van der Waals surface area contributed by atoms with Crippen LogP contribution >= 0.6 is 0 Å². The molecule has 3 aliphatic rings. The lowest BCUT2D eigenvalue weighted by atomic mass is 9.63. The lowest BCUT2D eigenvalue weighted by Crippen LogP contribution is -2.63. The SMILES string of the molecule is CCCCCCCCNCC(NCC1CCCCC1)C1(C(CNCCCCCCCC)NCC2CCCCC2)CCCCC1. The van der Waals surface area contributed by atoms with Gasteiger partial charge in [-0.2, -0.15) is 0 Å². The number of hydrogen-bond donors (Lipinski definition) is 4. The Kier molecular flexibility index (Phi) is 21.7. The molecule has 0 aliphatic heterocycles. The largest absolute Gasteiger partial charge is 0.315 e. The van der Waals surface area contributed by atoms with Crippen LogP contribution in [0.15, 0.2) is 0 Å². The van der Waals surface area contributed by atoms with Gasteiger partial charge in [-0.15, -0.1) is 0 Å². The van der Waals surface area contributed by atoms with Crippen molar-refractivity contribution in [2.24, 2.45) is 17.3 Å². The second-order valence-corrected chi connectivity index (χ2v) is 15.7. The molecule has 3 saturated carbocycles. The standard InChI is InChI=1S/C40H80N4/c1-3-5-7-9-11-22-30-41-34-38(43-32-36-24-16-13-17-25-36)40(28-20-15-21-29-40)39(44-33-37-26-18-14-19-27-37)35-42-31-23-12-10-8-6-4-2/h36-39,41-44H,3-35H2,1-2H3. The zero-order valence-electron chi connectivity index (χ0n) is 30.1. The predicted molar refractivity (Wildman–Crippen MR) is 195 cm³/mol. The van der Waals surface area contributed by atoms with Crippen LogP contribution in [0.5, 0.6) is 0 Å². The molecule has 4 N–H and O–H groups in total. The van der Waals surface area contributed by atoms with Crippen LogP contribution in [0.1, 0.15) is 187 Å². The van der Waals surface area contributed by atoms with Crippen LogP contribution in [0.4, 0.5) is 0 Å². The van der Waals surface area contributed by atoms with Crippen LogP contribution in [0.25, 0.3) is 0 Å². The van der Waals surface area contributed by atoms with Gasteiger partial charge in [-0.05, 0) is 89.4 Å². The lowest BCUT2D eigenvalue weighted by molar-refractivity contribution is 0.0612. The first kappa shape index (κ1) is 38.3. The van der Waals surface area contributed by atoms with Gasteiger partial charge in [-0.3, -0.25) is 0 Å². The van der Waals surface area contributed by atoms with E-state index < -0.39 is 0 Å². The highest BCUT2D eigenvalue weighted by molar-refractivity contribution is 5.03. The van der Waals surface area contributed by atoms with E-state index in [2.05, 4.69) is 35.1 Å². The highest BCUT2D eigenvalue weighted by Crippen LogP contribution is 2.43. The third-order valence-electron chi connectivity index (χ3n) is 12.0. The van der Waals surface area contributed by atoms with Crippen molar-refractivity contribution in [2.75, 3.05) is 39.3 Å². The summed E-state index contributed by atoms with van der Waals surface area (Å²) in [6.45, 7) is 11.8. The molecule has 0 aromatic heterocycles. The number of nitrogens with one attached hydrogen (secondary N) is 4. The van der Waals surface area contributed by atoms with Crippen molar-refractivity contribution in [3.8, 4) is 0 Å². The fourth-order valence-electron chi connectivity index (χ4n) is 9.06. The molecule has 0 spiro atoms. The van der Waals surface area contributed by atoms with E-state index >= 15 is 0 Å². The van der Waals surface area contributed by atoms with E-state index in [9.17, 15) is 0 Å². The van der Waals surface area contributed by atoms with Gasteiger partial charge in [0.15, 0.2) is 0 Å². The molecule has 3 rings (SSSR count). The van der Waals surface area contributed by atoms with Crippen molar-refractivity contribution >= 4 is 0 Å². The third kappa shape index (κ3) is 15.2. The van der Waals surface area contributed by atoms with E-state index in [0.717, 1.165) is 24.9 Å². The zero-order chi connectivity index (χ0) is 31.0. The first-order valence-electron chi connectivity index (χ1n) is 20.7. The molecule has 0 radical (unpaired) electrons. The van der Waals surface area contributed by atoms with Gasteiger partial charge in [0.2, 0.25) is 0 Å². The second kappa shape index (κ2) is 24.9. The van der Waals surface area contributed by atoms with Crippen molar-refractivity contribution < 1.29 is 0 Å². The maximum Gasteiger partial charge on any atom is 0.0264 e. The van der Waals surface area contributed by atoms with Gasteiger partial charge in [0.1, 0.15) is 0 Å². The zero-order valence-corrected chi connectivity index (χ0v) is 30.1. The average Bonchev–Trinajstić information content (AvgIpc) is 3.07. The maximum absolute atomic E-state index is 4.34. The smallest absolute Gasteiger partial charge is 0.0264 e.